The third kappa shape index (κ3) is 4.04. The van der Waals surface area contributed by atoms with Gasteiger partial charge in [-0.2, -0.15) is 0 Å². The lowest BCUT2D eigenvalue weighted by Gasteiger charge is -2.22. The van der Waals surface area contributed by atoms with E-state index in [1.54, 1.807) is 6.07 Å². The van der Waals surface area contributed by atoms with Crippen LogP contribution in [-0.4, -0.2) is 45.8 Å². The van der Waals surface area contributed by atoms with E-state index in [4.69, 9.17) is 0 Å². The number of aromatic nitrogens is 2. The average Bonchev–Trinajstić information content (AvgIpc) is 3.05. The van der Waals surface area contributed by atoms with E-state index in [0.29, 0.717) is 18.8 Å². The van der Waals surface area contributed by atoms with E-state index in [-0.39, 0.29) is 11.9 Å². The maximum Gasteiger partial charge on any atom is 0.272 e. The summed E-state index contributed by atoms with van der Waals surface area (Å²) in [6.45, 7) is 6.23. The molecule has 0 N–H and O–H groups in total. The Morgan fingerprint density at radius 2 is 2.04 bits per heavy atom. The second-order valence-corrected chi connectivity index (χ2v) is 6.70. The Morgan fingerprint density at radius 1 is 1.28 bits per heavy atom. The van der Waals surface area contributed by atoms with Crippen LogP contribution in [0.25, 0.3) is 0 Å². The average molecular weight is 338 g/mol. The SMILES string of the molecule is CCN(Cc1ccccc1)C(=O)c1cc(C)nc([C@@H]2CCCN2C)n1. The largest absolute Gasteiger partial charge is 0.333 e. The van der Waals surface area contributed by atoms with Crippen LogP contribution in [-0.2, 0) is 6.54 Å². The number of amides is 1. The summed E-state index contributed by atoms with van der Waals surface area (Å²) < 4.78 is 0. The minimum absolute atomic E-state index is 0.0289. The molecule has 0 spiro atoms. The second kappa shape index (κ2) is 7.74. The van der Waals surface area contributed by atoms with Crippen LogP contribution in [0.15, 0.2) is 36.4 Å². The maximum absolute atomic E-state index is 13.0. The quantitative estimate of drug-likeness (QED) is 0.840. The number of carbonyl (C=O) groups excluding carboxylic acids is 1. The van der Waals surface area contributed by atoms with Crippen molar-refractivity contribution in [2.45, 2.75) is 39.3 Å². The summed E-state index contributed by atoms with van der Waals surface area (Å²) >= 11 is 0. The molecule has 0 saturated carbocycles. The molecule has 5 heteroatoms. The van der Waals surface area contributed by atoms with Gasteiger partial charge in [0.2, 0.25) is 0 Å². The molecule has 2 heterocycles. The molecular weight excluding hydrogens is 312 g/mol. The van der Waals surface area contributed by atoms with E-state index in [1.807, 2.05) is 49.1 Å². The second-order valence-electron chi connectivity index (χ2n) is 6.70. The summed E-state index contributed by atoms with van der Waals surface area (Å²) in [4.78, 5) is 26.3. The van der Waals surface area contributed by atoms with Crippen LogP contribution < -0.4 is 0 Å². The van der Waals surface area contributed by atoms with Crippen molar-refractivity contribution in [2.75, 3.05) is 20.1 Å². The van der Waals surface area contributed by atoms with E-state index < -0.39 is 0 Å². The fourth-order valence-electron chi connectivity index (χ4n) is 3.38. The highest BCUT2D eigenvalue weighted by atomic mass is 16.2. The van der Waals surface area contributed by atoms with E-state index in [2.05, 4.69) is 21.9 Å². The van der Waals surface area contributed by atoms with Gasteiger partial charge in [-0.05, 0) is 51.9 Å². The fraction of sp³-hybridized carbons (Fsp3) is 0.450. The van der Waals surface area contributed by atoms with Crippen molar-refractivity contribution < 1.29 is 4.79 Å². The minimum atomic E-state index is -0.0289. The molecule has 1 amide bonds. The van der Waals surface area contributed by atoms with Crippen molar-refractivity contribution in [3.63, 3.8) is 0 Å². The van der Waals surface area contributed by atoms with Gasteiger partial charge in [-0.1, -0.05) is 30.3 Å². The molecule has 1 saturated heterocycles. The van der Waals surface area contributed by atoms with Gasteiger partial charge in [-0.15, -0.1) is 0 Å². The lowest BCUT2D eigenvalue weighted by Crippen LogP contribution is -2.32. The molecule has 0 radical (unpaired) electrons. The Balaban J connectivity index is 1.84. The molecule has 1 aromatic heterocycles. The Morgan fingerprint density at radius 3 is 2.68 bits per heavy atom. The van der Waals surface area contributed by atoms with E-state index >= 15 is 0 Å². The third-order valence-corrected chi connectivity index (χ3v) is 4.79. The third-order valence-electron chi connectivity index (χ3n) is 4.79. The summed E-state index contributed by atoms with van der Waals surface area (Å²) in [5.74, 6) is 0.748. The Hall–Kier alpha value is -2.27. The zero-order valence-corrected chi connectivity index (χ0v) is 15.3. The maximum atomic E-state index is 13.0. The van der Waals surface area contributed by atoms with Gasteiger partial charge in [-0.3, -0.25) is 9.69 Å². The van der Waals surface area contributed by atoms with Gasteiger partial charge in [0.15, 0.2) is 0 Å². The van der Waals surface area contributed by atoms with Crippen LogP contribution in [0.5, 0.6) is 0 Å². The van der Waals surface area contributed by atoms with Gasteiger partial charge < -0.3 is 4.90 Å². The molecule has 0 aliphatic carbocycles. The lowest BCUT2D eigenvalue weighted by atomic mass is 10.1. The molecule has 25 heavy (non-hydrogen) atoms. The van der Waals surface area contributed by atoms with Gasteiger partial charge in [-0.25, -0.2) is 9.97 Å². The number of hydrogen-bond acceptors (Lipinski definition) is 4. The Labute approximate surface area is 149 Å². The van der Waals surface area contributed by atoms with Crippen LogP contribution in [0.1, 0.15) is 53.4 Å². The molecule has 3 rings (SSSR count). The molecule has 1 aliphatic rings. The first-order valence-electron chi connectivity index (χ1n) is 8.97. The molecule has 132 valence electrons. The van der Waals surface area contributed by atoms with Gasteiger partial charge >= 0.3 is 0 Å². The normalized spacial score (nSPS) is 17.6. The summed E-state index contributed by atoms with van der Waals surface area (Å²) in [7, 11) is 2.10. The number of likely N-dealkylation sites (tertiary alicyclic amines) is 1. The molecule has 1 atom stereocenters. The molecule has 0 unspecified atom stereocenters. The number of benzene rings is 1. The highest BCUT2D eigenvalue weighted by molar-refractivity contribution is 5.92. The zero-order valence-electron chi connectivity index (χ0n) is 15.3. The number of hydrogen-bond donors (Lipinski definition) is 0. The zero-order chi connectivity index (χ0) is 17.8. The Bertz CT molecular complexity index is 732. The molecule has 0 bridgehead atoms. The number of carbonyl (C=O) groups is 1. The summed E-state index contributed by atoms with van der Waals surface area (Å²) in [5.41, 5.74) is 2.48. The van der Waals surface area contributed by atoms with Gasteiger partial charge in [0.1, 0.15) is 11.5 Å². The van der Waals surface area contributed by atoms with E-state index in [0.717, 1.165) is 36.5 Å². The van der Waals surface area contributed by atoms with Gasteiger partial charge in [0, 0.05) is 18.8 Å². The smallest absolute Gasteiger partial charge is 0.272 e. The van der Waals surface area contributed by atoms with Crippen LogP contribution in [0, 0.1) is 6.92 Å². The number of nitrogens with zero attached hydrogens (tertiary/aromatic N) is 4. The van der Waals surface area contributed by atoms with Gasteiger partial charge in [0.05, 0.1) is 6.04 Å². The standard InChI is InChI=1S/C20H26N4O/c1-4-24(14-16-9-6-5-7-10-16)20(25)17-13-15(2)21-19(22-17)18-11-8-12-23(18)3/h5-7,9-10,13,18H,4,8,11-12,14H2,1-3H3/t18-/m0/s1. The van der Waals surface area contributed by atoms with Crippen molar-refractivity contribution >= 4 is 5.91 Å². The molecule has 1 aliphatic heterocycles. The van der Waals surface area contributed by atoms with Crippen molar-refractivity contribution in [1.29, 1.82) is 0 Å². The monoisotopic (exact) mass is 338 g/mol. The highest BCUT2D eigenvalue weighted by Crippen LogP contribution is 2.28. The molecule has 2 aromatic rings. The van der Waals surface area contributed by atoms with Crippen molar-refractivity contribution in [1.82, 2.24) is 19.8 Å². The van der Waals surface area contributed by atoms with Crippen LogP contribution in [0.3, 0.4) is 0 Å². The van der Waals surface area contributed by atoms with Crippen molar-refractivity contribution in [3.05, 3.63) is 59.2 Å². The van der Waals surface area contributed by atoms with Crippen LogP contribution >= 0.6 is 0 Å². The molecule has 1 fully saturated rings. The molecular formula is C20H26N4O. The van der Waals surface area contributed by atoms with E-state index in [9.17, 15) is 4.79 Å². The summed E-state index contributed by atoms with van der Waals surface area (Å²) in [6, 6.07) is 12.1. The van der Waals surface area contributed by atoms with Crippen LogP contribution in [0.2, 0.25) is 0 Å². The van der Waals surface area contributed by atoms with E-state index in [1.165, 1.54) is 0 Å². The number of rotatable bonds is 5. The first kappa shape index (κ1) is 17.5. The first-order valence-corrected chi connectivity index (χ1v) is 8.97. The van der Waals surface area contributed by atoms with Crippen molar-refractivity contribution in [2.24, 2.45) is 0 Å². The topological polar surface area (TPSA) is 49.3 Å². The molecule has 1 aromatic carbocycles. The van der Waals surface area contributed by atoms with Crippen LogP contribution in [0.4, 0.5) is 0 Å². The summed E-state index contributed by atoms with van der Waals surface area (Å²) in [6.07, 6.45) is 2.20. The predicted molar refractivity (Wildman–Crippen MR) is 98.2 cm³/mol. The molecule has 5 nitrogen and oxygen atoms in total. The minimum Gasteiger partial charge on any atom is -0.333 e. The van der Waals surface area contributed by atoms with Gasteiger partial charge in [0.25, 0.3) is 5.91 Å². The predicted octanol–water partition coefficient (Wildman–Crippen LogP) is 3.21. The number of aryl methyl sites for hydroxylation is 1. The van der Waals surface area contributed by atoms with Crippen molar-refractivity contribution in [3.8, 4) is 0 Å². The highest BCUT2D eigenvalue weighted by Gasteiger charge is 2.27. The Kier molecular flexibility index (Phi) is 5.43. The lowest BCUT2D eigenvalue weighted by molar-refractivity contribution is 0.0745. The first-order chi connectivity index (χ1) is 12.1. The summed E-state index contributed by atoms with van der Waals surface area (Å²) in [5, 5.41) is 0. The fourth-order valence-corrected chi connectivity index (χ4v) is 3.38.